The van der Waals surface area contributed by atoms with Gasteiger partial charge in [-0.1, -0.05) is 31.5 Å². The van der Waals surface area contributed by atoms with Gasteiger partial charge in [-0.2, -0.15) is 0 Å². The largest absolute Gasteiger partial charge is 0.392 e. The molecule has 0 spiro atoms. The summed E-state index contributed by atoms with van der Waals surface area (Å²) in [7, 11) is 2.06. The zero-order valence-electron chi connectivity index (χ0n) is 10.2. The maximum atomic E-state index is 9.36. The molecule has 0 heterocycles. The van der Waals surface area contributed by atoms with Gasteiger partial charge in [0, 0.05) is 29.4 Å². The second-order valence-corrected chi connectivity index (χ2v) is 4.38. The van der Waals surface area contributed by atoms with Crippen molar-refractivity contribution < 1.29 is 5.11 Å². The zero-order chi connectivity index (χ0) is 12.1. The van der Waals surface area contributed by atoms with Gasteiger partial charge in [0.2, 0.25) is 0 Å². The number of benzene rings is 1. The predicted molar refractivity (Wildman–Crippen MR) is 70.1 cm³/mol. The summed E-state index contributed by atoms with van der Waals surface area (Å²) < 4.78 is 0. The van der Waals surface area contributed by atoms with Crippen LogP contribution in [0.4, 0.5) is 5.69 Å². The van der Waals surface area contributed by atoms with E-state index in [1.54, 1.807) is 0 Å². The number of aliphatic hydroxyl groups is 1. The molecule has 0 saturated carbocycles. The van der Waals surface area contributed by atoms with Crippen molar-refractivity contribution in [1.29, 1.82) is 0 Å². The molecule has 90 valence electrons. The van der Waals surface area contributed by atoms with E-state index in [0.717, 1.165) is 24.1 Å². The lowest BCUT2D eigenvalue weighted by Crippen LogP contribution is -2.31. The highest BCUT2D eigenvalue weighted by Gasteiger charge is 2.15. The number of rotatable bonds is 5. The van der Waals surface area contributed by atoms with E-state index in [-0.39, 0.29) is 6.61 Å². The Bertz CT molecular complexity index is 337. The molecule has 1 N–H and O–H groups in total. The van der Waals surface area contributed by atoms with Gasteiger partial charge in [-0.3, -0.25) is 0 Å². The van der Waals surface area contributed by atoms with E-state index in [2.05, 4.69) is 25.8 Å². The standard InChI is InChI=1S/C13H20ClNO/c1-4-10(5-2)15(3)13-8-6-7-12(14)11(13)9-16/h6-8,10,16H,4-5,9H2,1-3H3. The Labute approximate surface area is 103 Å². The average Bonchev–Trinajstić information content (AvgIpc) is 2.30. The van der Waals surface area contributed by atoms with Crippen molar-refractivity contribution in [3.8, 4) is 0 Å². The Kier molecular flexibility index (Phi) is 5.10. The zero-order valence-corrected chi connectivity index (χ0v) is 11.0. The van der Waals surface area contributed by atoms with Crippen LogP contribution in [0.1, 0.15) is 32.3 Å². The van der Waals surface area contributed by atoms with Crippen molar-refractivity contribution in [2.45, 2.75) is 39.3 Å². The SMILES string of the molecule is CCC(CC)N(C)c1cccc(Cl)c1CO. The monoisotopic (exact) mass is 241 g/mol. The summed E-state index contributed by atoms with van der Waals surface area (Å²) >= 11 is 6.08. The molecular weight excluding hydrogens is 222 g/mol. The number of halogens is 1. The van der Waals surface area contributed by atoms with Gasteiger partial charge in [-0.15, -0.1) is 0 Å². The molecule has 0 saturated heterocycles. The molecule has 1 aromatic rings. The molecule has 0 aliphatic carbocycles. The van der Waals surface area contributed by atoms with E-state index in [9.17, 15) is 5.11 Å². The molecule has 0 aliphatic rings. The molecule has 0 aliphatic heterocycles. The smallest absolute Gasteiger partial charge is 0.0716 e. The Balaban J connectivity index is 3.07. The van der Waals surface area contributed by atoms with Crippen LogP contribution in [0.25, 0.3) is 0 Å². The summed E-state index contributed by atoms with van der Waals surface area (Å²) in [5.74, 6) is 0. The second kappa shape index (κ2) is 6.12. The number of nitrogens with zero attached hydrogens (tertiary/aromatic N) is 1. The topological polar surface area (TPSA) is 23.5 Å². The van der Waals surface area contributed by atoms with Crippen LogP contribution in [-0.2, 0) is 6.61 Å². The molecule has 0 amide bonds. The Morgan fingerprint density at radius 1 is 1.31 bits per heavy atom. The molecule has 2 nitrogen and oxygen atoms in total. The normalized spacial score (nSPS) is 10.9. The third-order valence-corrected chi connectivity index (χ3v) is 3.48. The van der Waals surface area contributed by atoms with E-state index in [0.29, 0.717) is 11.1 Å². The van der Waals surface area contributed by atoms with E-state index < -0.39 is 0 Å². The van der Waals surface area contributed by atoms with Crippen LogP contribution in [0.2, 0.25) is 5.02 Å². The van der Waals surface area contributed by atoms with E-state index >= 15 is 0 Å². The first-order valence-electron chi connectivity index (χ1n) is 5.76. The molecule has 0 fully saturated rings. The maximum Gasteiger partial charge on any atom is 0.0716 e. The lowest BCUT2D eigenvalue weighted by molar-refractivity contribution is 0.282. The summed E-state index contributed by atoms with van der Waals surface area (Å²) in [6.45, 7) is 4.33. The van der Waals surface area contributed by atoms with Crippen LogP contribution in [0, 0.1) is 0 Å². The predicted octanol–water partition coefficient (Wildman–Crippen LogP) is 3.46. The number of aliphatic hydroxyl groups excluding tert-OH is 1. The number of hydrogen-bond acceptors (Lipinski definition) is 2. The number of anilines is 1. The minimum Gasteiger partial charge on any atom is -0.392 e. The molecule has 0 unspecified atom stereocenters. The second-order valence-electron chi connectivity index (χ2n) is 3.98. The van der Waals surface area contributed by atoms with E-state index in [4.69, 9.17) is 11.6 Å². The molecule has 3 heteroatoms. The van der Waals surface area contributed by atoms with Gasteiger partial charge in [-0.25, -0.2) is 0 Å². The molecular formula is C13H20ClNO. The first kappa shape index (κ1) is 13.3. The maximum absolute atomic E-state index is 9.36. The molecule has 0 aromatic heterocycles. The lowest BCUT2D eigenvalue weighted by Gasteiger charge is -2.30. The van der Waals surface area contributed by atoms with Gasteiger partial charge in [0.1, 0.15) is 0 Å². The lowest BCUT2D eigenvalue weighted by atomic mass is 10.1. The van der Waals surface area contributed by atoms with Crippen molar-refractivity contribution in [2.24, 2.45) is 0 Å². The minimum absolute atomic E-state index is 0.0144. The van der Waals surface area contributed by atoms with E-state index in [1.165, 1.54) is 0 Å². The molecule has 1 aromatic carbocycles. The van der Waals surface area contributed by atoms with Crippen LogP contribution in [0.5, 0.6) is 0 Å². The molecule has 0 atom stereocenters. The Morgan fingerprint density at radius 3 is 2.44 bits per heavy atom. The average molecular weight is 242 g/mol. The van der Waals surface area contributed by atoms with Crippen molar-refractivity contribution >= 4 is 17.3 Å². The van der Waals surface area contributed by atoms with Crippen LogP contribution < -0.4 is 4.90 Å². The van der Waals surface area contributed by atoms with Gasteiger partial charge in [0.15, 0.2) is 0 Å². The summed E-state index contributed by atoms with van der Waals surface area (Å²) in [5.41, 5.74) is 1.85. The van der Waals surface area contributed by atoms with Crippen molar-refractivity contribution in [3.05, 3.63) is 28.8 Å². The fourth-order valence-corrected chi connectivity index (χ4v) is 2.30. The van der Waals surface area contributed by atoms with Gasteiger partial charge in [0.05, 0.1) is 6.61 Å². The first-order valence-corrected chi connectivity index (χ1v) is 6.14. The third kappa shape index (κ3) is 2.69. The summed E-state index contributed by atoms with van der Waals surface area (Å²) in [5, 5.41) is 10.0. The number of hydrogen-bond donors (Lipinski definition) is 1. The highest BCUT2D eigenvalue weighted by atomic mass is 35.5. The fourth-order valence-electron chi connectivity index (χ4n) is 2.07. The summed E-state index contributed by atoms with van der Waals surface area (Å²) in [4.78, 5) is 2.21. The molecule has 16 heavy (non-hydrogen) atoms. The minimum atomic E-state index is -0.0144. The molecule has 0 bridgehead atoms. The Morgan fingerprint density at radius 2 is 1.94 bits per heavy atom. The van der Waals surface area contributed by atoms with Crippen molar-refractivity contribution in [2.75, 3.05) is 11.9 Å². The van der Waals surface area contributed by atoms with E-state index in [1.807, 2.05) is 18.2 Å². The van der Waals surface area contributed by atoms with Gasteiger partial charge < -0.3 is 10.0 Å². The summed E-state index contributed by atoms with van der Waals surface area (Å²) in [6, 6.07) is 6.24. The van der Waals surface area contributed by atoms with Crippen LogP contribution in [-0.4, -0.2) is 18.2 Å². The first-order chi connectivity index (χ1) is 7.65. The highest BCUT2D eigenvalue weighted by molar-refractivity contribution is 6.31. The fraction of sp³-hybridized carbons (Fsp3) is 0.538. The molecule has 1 rings (SSSR count). The van der Waals surface area contributed by atoms with Gasteiger partial charge in [0.25, 0.3) is 0 Å². The van der Waals surface area contributed by atoms with Gasteiger partial charge >= 0.3 is 0 Å². The van der Waals surface area contributed by atoms with Crippen molar-refractivity contribution in [1.82, 2.24) is 0 Å². The third-order valence-electron chi connectivity index (χ3n) is 3.12. The molecule has 0 radical (unpaired) electrons. The summed E-state index contributed by atoms with van der Waals surface area (Å²) in [6.07, 6.45) is 2.18. The van der Waals surface area contributed by atoms with Gasteiger partial charge in [-0.05, 0) is 25.0 Å². The quantitative estimate of drug-likeness (QED) is 0.854. The van der Waals surface area contributed by atoms with Crippen LogP contribution in [0.15, 0.2) is 18.2 Å². The Hall–Kier alpha value is -0.730. The van der Waals surface area contributed by atoms with Crippen molar-refractivity contribution in [3.63, 3.8) is 0 Å². The van der Waals surface area contributed by atoms with Crippen LogP contribution >= 0.6 is 11.6 Å². The highest BCUT2D eigenvalue weighted by Crippen LogP contribution is 2.29. The van der Waals surface area contributed by atoms with Crippen LogP contribution in [0.3, 0.4) is 0 Å².